The summed E-state index contributed by atoms with van der Waals surface area (Å²) in [6, 6.07) is 83.3. The van der Waals surface area contributed by atoms with Crippen LogP contribution in [-0.4, -0.2) is 0 Å². The van der Waals surface area contributed by atoms with Crippen molar-refractivity contribution in [1.29, 1.82) is 0 Å². The van der Waals surface area contributed by atoms with Crippen LogP contribution in [0.4, 0.5) is 17.1 Å². The SMILES string of the molecule is CC1(C)c2ccccc2-c2ccc(-c3ccc(N(c4cccc(-c5cccc6c5C(C)(C)c5ccccc5-6)c4)c4ccccc4-c4cccc5cccc(-c6ccccc6)c45)cc3)cc21. The predicted molar refractivity (Wildman–Crippen MR) is 276 cm³/mol. The minimum Gasteiger partial charge on any atom is -0.310 e. The van der Waals surface area contributed by atoms with E-state index in [1.165, 1.54) is 99.8 Å². The molecule has 0 heterocycles. The number of para-hydroxylation sites is 1. The number of rotatable bonds is 7. The Labute approximate surface area is 383 Å². The van der Waals surface area contributed by atoms with Crippen LogP contribution in [0.3, 0.4) is 0 Å². The molecule has 0 spiro atoms. The molecule has 10 aromatic rings. The predicted octanol–water partition coefficient (Wildman–Crippen LogP) is 17.6. The number of benzene rings is 10. The van der Waals surface area contributed by atoms with Crippen LogP contribution in [0.1, 0.15) is 49.9 Å². The number of anilines is 3. The van der Waals surface area contributed by atoms with Gasteiger partial charge in [0.2, 0.25) is 0 Å². The van der Waals surface area contributed by atoms with E-state index in [9.17, 15) is 0 Å². The van der Waals surface area contributed by atoms with Gasteiger partial charge in [-0.3, -0.25) is 0 Å². The van der Waals surface area contributed by atoms with Gasteiger partial charge in [-0.1, -0.05) is 216 Å². The van der Waals surface area contributed by atoms with Gasteiger partial charge in [0.1, 0.15) is 0 Å². The summed E-state index contributed by atoms with van der Waals surface area (Å²) in [5.74, 6) is 0. The van der Waals surface area contributed by atoms with E-state index < -0.39 is 0 Å². The molecule has 2 aliphatic rings. The Morgan fingerprint density at radius 3 is 1.60 bits per heavy atom. The highest BCUT2D eigenvalue weighted by Crippen LogP contribution is 2.54. The molecule has 0 aliphatic heterocycles. The average molecular weight is 832 g/mol. The molecular formula is C64H49N. The van der Waals surface area contributed by atoms with Gasteiger partial charge < -0.3 is 4.90 Å². The summed E-state index contributed by atoms with van der Waals surface area (Å²) in [6.07, 6.45) is 0. The molecule has 0 saturated carbocycles. The van der Waals surface area contributed by atoms with E-state index in [-0.39, 0.29) is 10.8 Å². The third kappa shape index (κ3) is 6.14. The highest BCUT2D eigenvalue weighted by molar-refractivity contribution is 6.09. The topological polar surface area (TPSA) is 3.24 Å². The van der Waals surface area contributed by atoms with Gasteiger partial charge in [-0.05, 0) is 131 Å². The van der Waals surface area contributed by atoms with Crippen LogP contribution in [0.2, 0.25) is 0 Å². The Morgan fingerprint density at radius 2 is 0.831 bits per heavy atom. The lowest BCUT2D eigenvalue weighted by molar-refractivity contribution is 0.660. The van der Waals surface area contributed by atoms with E-state index in [2.05, 4.69) is 257 Å². The van der Waals surface area contributed by atoms with Gasteiger partial charge in [0.25, 0.3) is 0 Å². The van der Waals surface area contributed by atoms with Crippen LogP contribution >= 0.6 is 0 Å². The fourth-order valence-electron chi connectivity index (χ4n) is 11.3. The highest BCUT2D eigenvalue weighted by Gasteiger charge is 2.38. The van der Waals surface area contributed by atoms with Crippen LogP contribution in [0.5, 0.6) is 0 Å². The van der Waals surface area contributed by atoms with Crippen molar-refractivity contribution in [2.45, 2.75) is 38.5 Å². The zero-order valence-electron chi connectivity index (χ0n) is 37.3. The van der Waals surface area contributed by atoms with E-state index in [1.54, 1.807) is 0 Å². The molecule has 0 amide bonds. The molecule has 0 saturated heterocycles. The first kappa shape index (κ1) is 38.9. The Kier molecular flexibility index (Phi) is 8.94. The molecule has 0 bridgehead atoms. The first-order valence-corrected chi connectivity index (χ1v) is 22.9. The zero-order chi connectivity index (χ0) is 43.9. The van der Waals surface area contributed by atoms with E-state index in [4.69, 9.17) is 0 Å². The summed E-state index contributed by atoms with van der Waals surface area (Å²) in [5.41, 5.74) is 23.8. The lowest BCUT2D eigenvalue weighted by Crippen LogP contribution is -2.16. The molecule has 2 aliphatic carbocycles. The summed E-state index contributed by atoms with van der Waals surface area (Å²) < 4.78 is 0. The van der Waals surface area contributed by atoms with Gasteiger partial charge in [-0.15, -0.1) is 0 Å². The monoisotopic (exact) mass is 831 g/mol. The quantitative estimate of drug-likeness (QED) is 0.155. The van der Waals surface area contributed by atoms with Crippen molar-refractivity contribution in [1.82, 2.24) is 0 Å². The van der Waals surface area contributed by atoms with Crippen molar-refractivity contribution < 1.29 is 0 Å². The number of hydrogen-bond donors (Lipinski definition) is 0. The van der Waals surface area contributed by atoms with Crippen molar-refractivity contribution in [3.63, 3.8) is 0 Å². The van der Waals surface area contributed by atoms with Gasteiger partial charge in [0.05, 0.1) is 5.69 Å². The second-order valence-electron chi connectivity index (χ2n) is 18.9. The van der Waals surface area contributed by atoms with Crippen molar-refractivity contribution >= 4 is 27.8 Å². The van der Waals surface area contributed by atoms with Gasteiger partial charge in [0, 0.05) is 27.8 Å². The maximum absolute atomic E-state index is 2.47. The van der Waals surface area contributed by atoms with Crippen molar-refractivity contribution in [3.05, 3.63) is 247 Å². The largest absolute Gasteiger partial charge is 0.310 e. The van der Waals surface area contributed by atoms with Crippen LogP contribution in [0.15, 0.2) is 224 Å². The first-order chi connectivity index (χ1) is 31.8. The molecule has 1 nitrogen and oxygen atoms in total. The minimum absolute atomic E-state index is 0.0632. The Bertz CT molecular complexity index is 3470. The first-order valence-electron chi connectivity index (χ1n) is 22.9. The second-order valence-corrected chi connectivity index (χ2v) is 18.9. The molecule has 0 atom stereocenters. The minimum atomic E-state index is -0.138. The smallest absolute Gasteiger partial charge is 0.0540 e. The fraction of sp³-hybridized carbons (Fsp3) is 0.0938. The van der Waals surface area contributed by atoms with Gasteiger partial charge in [-0.25, -0.2) is 0 Å². The summed E-state index contributed by atoms with van der Waals surface area (Å²) in [6.45, 7) is 9.47. The van der Waals surface area contributed by atoms with Crippen LogP contribution in [0.25, 0.3) is 77.5 Å². The second kappa shape index (κ2) is 14.9. The molecule has 65 heavy (non-hydrogen) atoms. The normalized spacial score (nSPS) is 13.8. The van der Waals surface area contributed by atoms with Crippen molar-refractivity contribution in [2.75, 3.05) is 4.90 Å². The number of fused-ring (bicyclic) bond motifs is 7. The maximum Gasteiger partial charge on any atom is 0.0540 e. The van der Waals surface area contributed by atoms with Crippen LogP contribution in [-0.2, 0) is 10.8 Å². The van der Waals surface area contributed by atoms with Crippen molar-refractivity contribution in [3.8, 4) is 66.8 Å². The molecule has 0 fully saturated rings. The Hall–Kier alpha value is -7.74. The molecule has 0 N–H and O–H groups in total. The van der Waals surface area contributed by atoms with Gasteiger partial charge in [0.15, 0.2) is 0 Å². The number of nitrogens with zero attached hydrogens (tertiary/aromatic N) is 1. The molecular weight excluding hydrogens is 783 g/mol. The average Bonchev–Trinajstić information content (AvgIpc) is 3.74. The standard InChI is InChI=1S/C64H49N/c1-63(2)57-31-11-8-24-51(57)53-39-36-45(41-59(53)63)42-34-37-47(38-35-42)65(48-23-14-22-46(40-48)50-28-17-30-56-52-25-9-12-32-58(52)64(3,4)62(50)56)60-33-13-10-26-54(60)55-29-16-21-44-20-15-27-49(61(44)55)43-18-6-5-7-19-43/h5-41H,1-4H3. The Morgan fingerprint density at radius 1 is 0.292 bits per heavy atom. The fourth-order valence-corrected chi connectivity index (χ4v) is 11.3. The van der Waals surface area contributed by atoms with E-state index in [1.807, 2.05) is 0 Å². The third-order valence-corrected chi connectivity index (χ3v) is 14.5. The Balaban J connectivity index is 1.03. The van der Waals surface area contributed by atoms with Gasteiger partial charge in [-0.2, -0.15) is 0 Å². The van der Waals surface area contributed by atoms with Crippen LogP contribution < -0.4 is 4.90 Å². The highest BCUT2D eigenvalue weighted by atomic mass is 15.1. The van der Waals surface area contributed by atoms with E-state index in [0.29, 0.717) is 0 Å². The molecule has 310 valence electrons. The summed E-state index contributed by atoms with van der Waals surface area (Å²) in [4.78, 5) is 2.47. The summed E-state index contributed by atoms with van der Waals surface area (Å²) in [5, 5.41) is 2.47. The van der Waals surface area contributed by atoms with E-state index in [0.717, 1.165) is 17.1 Å². The van der Waals surface area contributed by atoms with Gasteiger partial charge >= 0.3 is 0 Å². The van der Waals surface area contributed by atoms with Crippen molar-refractivity contribution in [2.24, 2.45) is 0 Å². The molecule has 10 aromatic carbocycles. The third-order valence-electron chi connectivity index (χ3n) is 14.5. The summed E-state index contributed by atoms with van der Waals surface area (Å²) >= 11 is 0. The molecule has 0 unspecified atom stereocenters. The maximum atomic E-state index is 2.47. The summed E-state index contributed by atoms with van der Waals surface area (Å²) in [7, 11) is 0. The van der Waals surface area contributed by atoms with E-state index >= 15 is 0 Å². The lowest BCUT2D eigenvalue weighted by atomic mass is 9.79. The molecule has 12 rings (SSSR count). The number of hydrogen-bond acceptors (Lipinski definition) is 1. The van der Waals surface area contributed by atoms with Crippen LogP contribution in [0, 0.1) is 0 Å². The zero-order valence-corrected chi connectivity index (χ0v) is 37.3. The molecule has 1 heteroatoms. The molecule has 0 aromatic heterocycles. The molecule has 0 radical (unpaired) electrons. The lowest BCUT2D eigenvalue weighted by Gasteiger charge is -2.29.